The van der Waals surface area contributed by atoms with Gasteiger partial charge in [0.1, 0.15) is 35.6 Å². The summed E-state index contributed by atoms with van der Waals surface area (Å²) in [7, 11) is 0. The monoisotopic (exact) mass is 462 g/mol. The minimum absolute atomic E-state index is 0.0114. The maximum Gasteiger partial charge on any atom is 0.189 e. The van der Waals surface area contributed by atoms with E-state index in [9.17, 15) is 35.4 Å². The zero-order valence-corrected chi connectivity index (χ0v) is 18.0. The van der Waals surface area contributed by atoms with E-state index in [2.05, 4.69) is 0 Å². The summed E-state index contributed by atoms with van der Waals surface area (Å²) < 4.78 is 10.9. The molecule has 6 atom stereocenters. The number of carbonyl (C=O) groups is 1. The van der Waals surface area contributed by atoms with Crippen LogP contribution >= 0.6 is 0 Å². The number of Topliss-reactive ketones (excluding diaryl/α,β-unsaturated/α-hetero) is 1. The van der Waals surface area contributed by atoms with Crippen molar-refractivity contribution in [2.24, 2.45) is 0 Å². The van der Waals surface area contributed by atoms with Crippen LogP contribution in [-0.4, -0.2) is 73.4 Å². The smallest absolute Gasteiger partial charge is 0.189 e. The molecule has 2 aromatic carbocycles. The van der Waals surface area contributed by atoms with Crippen LogP contribution in [0.15, 0.2) is 48.5 Å². The van der Waals surface area contributed by atoms with Crippen LogP contribution in [0.2, 0.25) is 0 Å². The van der Waals surface area contributed by atoms with Crippen LogP contribution in [0, 0.1) is 0 Å². The van der Waals surface area contributed by atoms with Crippen molar-refractivity contribution in [3.63, 3.8) is 0 Å². The average Bonchev–Trinajstić information content (AvgIpc) is 2.80. The Balaban J connectivity index is 1.62. The molecule has 1 heterocycles. The van der Waals surface area contributed by atoms with E-state index in [4.69, 9.17) is 9.47 Å². The van der Waals surface area contributed by atoms with Crippen molar-refractivity contribution < 1.29 is 44.9 Å². The molecule has 1 aliphatic heterocycles. The number of aryl methyl sites for hydroxylation is 2. The molecule has 1 saturated heterocycles. The van der Waals surface area contributed by atoms with Crippen LogP contribution < -0.4 is 0 Å². The molecular weight excluding hydrogens is 432 g/mol. The summed E-state index contributed by atoms with van der Waals surface area (Å²) in [6.07, 6.45) is -7.19. The maximum absolute atomic E-state index is 12.6. The summed E-state index contributed by atoms with van der Waals surface area (Å²) in [5.41, 5.74) is 1.80. The van der Waals surface area contributed by atoms with Gasteiger partial charge >= 0.3 is 0 Å². The summed E-state index contributed by atoms with van der Waals surface area (Å²) in [5, 5.41) is 58.3. The number of ketones is 1. The van der Waals surface area contributed by atoms with E-state index in [-0.39, 0.29) is 30.1 Å². The maximum atomic E-state index is 12.6. The van der Waals surface area contributed by atoms with Gasteiger partial charge in [0, 0.05) is 12.8 Å². The summed E-state index contributed by atoms with van der Waals surface area (Å²) in [4.78, 5) is 12.6. The summed E-state index contributed by atoms with van der Waals surface area (Å²) >= 11 is 0. The minimum Gasteiger partial charge on any atom is -0.508 e. The molecule has 1 aliphatic rings. The molecular formula is C24H30O9. The Morgan fingerprint density at radius 3 is 1.94 bits per heavy atom. The Morgan fingerprint density at radius 1 is 0.818 bits per heavy atom. The first-order valence-corrected chi connectivity index (χ1v) is 10.8. The lowest BCUT2D eigenvalue weighted by molar-refractivity contribution is -0.347. The van der Waals surface area contributed by atoms with Gasteiger partial charge < -0.3 is 40.1 Å². The molecule has 0 unspecified atom stereocenters. The summed E-state index contributed by atoms with van der Waals surface area (Å²) in [6.45, 7) is 0. The van der Waals surface area contributed by atoms with Crippen LogP contribution in [0.25, 0.3) is 0 Å². The molecule has 1 fully saturated rings. The highest BCUT2D eigenvalue weighted by Crippen LogP contribution is 2.24. The van der Waals surface area contributed by atoms with Gasteiger partial charge in [-0.3, -0.25) is 4.79 Å². The number of hydrogen-bond acceptors (Lipinski definition) is 9. The number of phenolic OH excluding ortho intramolecular Hbond substituents is 2. The standard InChI is InChI=1S/C24H30O9/c25-16-7-1-14(2-8-16)5-11-18(27)13-19(12-6-15-3-9-17(26)10-4-15)32-24-22(30)20(28)21(29)23(31)33-24/h1-4,7-10,19-26,28-31H,5-6,11-13H2/t19-,20+,21+,22-,23+,24-/m0/s1. The number of aromatic hydroxyl groups is 2. The fourth-order valence-corrected chi connectivity index (χ4v) is 3.64. The van der Waals surface area contributed by atoms with Gasteiger partial charge in [0.2, 0.25) is 0 Å². The molecule has 2 aromatic rings. The molecule has 33 heavy (non-hydrogen) atoms. The van der Waals surface area contributed by atoms with Crippen LogP contribution in [0.1, 0.15) is 30.4 Å². The topological polar surface area (TPSA) is 157 Å². The van der Waals surface area contributed by atoms with Crippen molar-refractivity contribution >= 4 is 5.78 Å². The van der Waals surface area contributed by atoms with Gasteiger partial charge in [-0.05, 0) is 54.7 Å². The van der Waals surface area contributed by atoms with Gasteiger partial charge in [-0.15, -0.1) is 0 Å². The van der Waals surface area contributed by atoms with Gasteiger partial charge in [0.15, 0.2) is 12.6 Å². The number of hydrogen-bond donors (Lipinski definition) is 6. The Kier molecular flexibility index (Phi) is 8.79. The quantitative estimate of drug-likeness (QED) is 0.300. The summed E-state index contributed by atoms with van der Waals surface area (Å²) in [5.74, 6) is 0.190. The first kappa shape index (κ1) is 25.1. The van der Waals surface area contributed by atoms with Crippen molar-refractivity contribution in [2.45, 2.75) is 69.1 Å². The lowest BCUT2D eigenvalue weighted by atomic mass is 9.99. The molecule has 0 bridgehead atoms. The Bertz CT molecular complexity index is 884. The lowest BCUT2D eigenvalue weighted by Gasteiger charge is -2.39. The molecule has 0 spiro atoms. The molecule has 0 saturated carbocycles. The van der Waals surface area contributed by atoms with E-state index >= 15 is 0 Å². The Morgan fingerprint density at radius 2 is 1.36 bits per heavy atom. The van der Waals surface area contributed by atoms with Crippen molar-refractivity contribution in [1.82, 2.24) is 0 Å². The van der Waals surface area contributed by atoms with E-state index < -0.39 is 37.0 Å². The van der Waals surface area contributed by atoms with E-state index in [1.165, 1.54) is 0 Å². The van der Waals surface area contributed by atoms with Crippen LogP contribution in [0.4, 0.5) is 0 Å². The van der Waals surface area contributed by atoms with Gasteiger partial charge in [-0.2, -0.15) is 0 Å². The molecule has 180 valence electrons. The molecule has 9 nitrogen and oxygen atoms in total. The zero-order valence-electron chi connectivity index (χ0n) is 18.0. The van der Waals surface area contributed by atoms with Crippen LogP contribution in [0.3, 0.4) is 0 Å². The number of rotatable bonds is 10. The third-order valence-corrected chi connectivity index (χ3v) is 5.65. The summed E-state index contributed by atoms with van der Waals surface area (Å²) in [6, 6.07) is 13.2. The predicted octanol–water partition coefficient (Wildman–Crippen LogP) is 0.765. The Hall–Kier alpha value is -2.53. The fraction of sp³-hybridized carbons (Fsp3) is 0.458. The number of benzene rings is 2. The largest absolute Gasteiger partial charge is 0.508 e. The molecule has 0 aromatic heterocycles. The number of aliphatic hydroxyl groups is 4. The molecule has 9 heteroatoms. The minimum atomic E-state index is -1.74. The third kappa shape index (κ3) is 7.23. The van der Waals surface area contributed by atoms with Gasteiger partial charge in [0.05, 0.1) is 6.10 Å². The van der Waals surface area contributed by atoms with Gasteiger partial charge in [0.25, 0.3) is 0 Å². The average molecular weight is 462 g/mol. The molecule has 0 radical (unpaired) electrons. The molecule has 0 amide bonds. The first-order valence-electron chi connectivity index (χ1n) is 10.8. The van der Waals surface area contributed by atoms with Gasteiger partial charge in [-0.25, -0.2) is 0 Å². The van der Waals surface area contributed by atoms with Crippen molar-refractivity contribution in [3.8, 4) is 11.5 Å². The fourth-order valence-electron chi connectivity index (χ4n) is 3.64. The first-order chi connectivity index (χ1) is 15.7. The number of carbonyl (C=O) groups excluding carboxylic acids is 1. The highest BCUT2D eigenvalue weighted by molar-refractivity contribution is 5.79. The third-order valence-electron chi connectivity index (χ3n) is 5.65. The number of phenols is 2. The van der Waals surface area contributed by atoms with Crippen molar-refractivity contribution in [2.75, 3.05) is 0 Å². The zero-order chi connectivity index (χ0) is 24.0. The predicted molar refractivity (Wildman–Crippen MR) is 116 cm³/mol. The second-order valence-electron chi connectivity index (χ2n) is 8.24. The van der Waals surface area contributed by atoms with Gasteiger partial charge in [-0.1, -0.05) is 24.3 Å². The molecule has 0 aliphatic carbocycles. The van der Waals surface area contributed by atoms with Crippen LogP contribution in [0.5, 0.6) is 11.5 Å². The number of aliphatic hydroxyl groups excluding tert-OH is 4. The van der Waals surface area contributed by atoms with E-state index in [0.29, 0.717) is 19.3 Å². The SMILES string of the molecule is O=C(CCc1ccc(O)cc1)C[C@H](CCc1ccc(O)cc1)O[C@H]1O[C@@H](O)[C@H](O)[C@@H](O)[C@@H]1O. The van der Waals surface area contributed by atoms with E-state index in [1.54, 1.807) is 48.5 Å². The van der Waals surface area contributed by atoms with Crippen LogP contribution in [-0.2, 0) is 27.1 Å². The van der Waals surface area contributed by atoms with Crippen molar-refractivity contribution in [1.29, 1.82) is 0 Å². The second-order valence-corrected chi connectivity index (χ2v) is 8.24. The highest BCUT2D eigenvalue weighted by atomic mass is 16.7. The van der Waals surface area contributed by atoms with E-state index in [0.717, 1.165) is 11.1 Å². The molecule has 6 N–H and O–H groups in total. The van der Waals surface area contributed by atoms with Crippen molar-refractivity contribution in [3.05, 3.63) is 59.7 Å². The number of ether oxygens (including phenoxy) is 2. The normalized spacial score (nSPS) is 26.1. The van der Waals surface area contributed by atoms with E-state index in [1.807, 2.05) is 0 Å². The Labute approximate surface area is 191 Å². The lowest BCUT2D eigenvalue weighted by Crippen LogP contribution is -2.58. The highest BCUT2D eigenvalue weighted by Gasteiger charge is 2.44. The second kappa shape index (κ2) is 11.6. The molecule has 3 rings (SSSR count).